The van der Waals surface area contributed by atoms with Crippen LogP contribution in [0.3, 0.4) is 0 Å². The molecule has 0 bridgehead atoms. The molecule has 0 saturated heterocycles. The Kier molecular flexibility index (Phi) is 12.5. The van der Waals surface area contributed by atoms with Gasteiger partial charge < -0.3 is 38.8 Å². The van der Waals surface area contributed by atoms with E-state index < -0.39 is 0 Å². The highest BCUT2D eigenvalue weighted by Gasteiger charge is 2.23. The van der Waals surface area contributed by atoms with E-state index in [9.17, 15) is 0 Å². The van der Waals surface area contributed by atoms with E-state index >= 15 is 0 Å². The normalized spacial score (nSPS) is 14.8. The Morgan fingerprint density at radius 1 is 0.330 bits per heavy atom. The number of halogens is 1. The minimum absolute atomic E-state index is 0.281. The highest BCUT2D eigenvalue weighted by atomic mass is 79.9. The van der Waals surface area contributed by atoms with Gasteiger partial charge in [-0.25, -0.2) is 0 Å². The summed E-state index contributed by atoms with van der Waals surface area (Å²) in [6.45, 7) is 0. The van der Waals surface area contributed by atoms with Crippen molar-refractivity contribution in [2.75, 3.05) is 0 Å². The molecule has 2 aliphatic carbocycles. The summed E-state index contributed by atoms with van der Waals surface area (Å²) >= 11 is 3.46. The number of aromatic nitrogens is 3. The molecule has 2 aliphatic rings. The second kappa shape index (κ2) is 21.1. The zero-order valence-electron chi connectivity index (χ0n) is 48.0. The lowest BCUT2D eigenvalue weighted by Crippen LogP contribution is -2.43. The maximum Gasteiger partial charge on any atom is 0.135 e. The van der Waals surface area contributed by atoms with E-state index in [4.69, 9.17) is 24.7 Å². The molecule has 0 aliphatic heterocycles. The molecule has 1 fully saturated rings. The number of rotatable bonds is 2. The molecule has 18 aromatic rings. The van der Waals surface area contributed by atoms with Gasteiger partial charge in [-0.3, -0.25) is 0 Å². The molecule has 9 heteroatoms. The summed E-state index contributed by atoms with van der Waals surface area (Å²) in [6, 6.07) is 88.5. The summed E-state index contributed by atoms with van der Waals surface area (Å²) in [6.07, 6.45) is 5.85. The summed E-state index contributed by atoms with van der Waals surface area (Å²) in [4.78, 5) is 3.54. The maximum absolute atomic E-state index is 6.18. The molecule has 424 valence electrons. The monoisotopic (exact) mass is 1200 g/mol. The lowest BCUT2D eigenvalue weighted by atomic mass is 9.92. The molecule has 8 nitrogen and oxygen atoms in total. The van der Waals surface area contributed by atoms with Crippen LogP contribution in [0.25, 0.3) is 154 Å². The first kappa shape index (κ1) is 52.2. The maximum atomic E-state index is 6.18. The molecule has 6 heterocycles. The first-order valence-corrected chi connectivity index (χ1v) is 31.1. The van der Waals surface area contributed by atoms with Crippen LogP contribution in [-0.2, 0) is 6.42 Å². The summed E-state index contributed by atoms with van der Waals surface area (Å²) < 4.78 is 23.9. The Hall–Kier alpha value is -10.2. The quantitative estimate of drug-likeness (QED) is 0.159. The Morgan fingerprint density at radius 2 is 0.773 bits per heavy atom. The minimum atomic E-state index is 0.281. The van der Waals surface area contributed by atoms with Gasteiger partial charge in [-0.05, 0) is 157 Å². The number of benzene rings is 12. The molecule has 0 unspecified atom stereocenters. The fourth-order valence-electron chi connectivity index (χ4n) is 14.1. The van der Waals surface area contributed by atoms with Crippen molar-refractivity contribution >= 4 is 147 Å². The van der Waals surface area contributed by atoms with Crippen molar-refractivity contribution in [2.24, 2.45) is 11.5 Å². The van der Waals surface area contributed by atoms with Gasteiger partial charge >= 0.3 is 0 Å². The van der Waals surface area contributed by atoms with Gasteiger partial charge in [0.25, 0.3) is 0 Å². The van der Waals surface area contributed by atoms with Crippen molar-refractivity contribution in [1.82, 2.24) is 14.1 Å². The molecule has 12 aromatic carbocycles. The van der Waals surface area contributed by atoms with Crippen LogP contribution in [0.2, 0.25) is 0 Å². The molecule has 0 spiro atoms. The Morgan fingerprint density at radius 3 is 1.32 bits per heavy atom. The topological polar surface area (TPSA) is 117 Å². The molecule has 0 amide bonds. The predicted octanol–water partition coefficient (Wildman–Crippen LogP) is 21.1. The average molecular weight is 1210 g/mol. The lowest BCUT2D eigenvalue weighted by Gasteiger charge is -2.24. The number of nitrogens with one attached hydrogen (secondary N) is 1. The number of H-pyrrole nitrogens is 1. The molecule has 1 saturated carbocycles. The summed E-state index contributed by atoms with van der Waals surface area (Å²) in [5.74, 6) is 0. The van der Waals surface area contributed by atoms with Crippen LogP contribution >= 0.6 is 15.9 Å². The van der Waals surface area contributed by atoms with Gasteiger partial charge in [0.05, 0.1) is 22.1 Å². The minimum Gasteiger partial charge on any atom is -0.456 e. The second-order valence-corrected chi connectivity index (χ2v) is 24.5. The standard InChI is InChI=1S/C42H24N2O2.C19H13N.C12H7BrO.C6H14N2/c1-5-13-35-27(9-1)31-23-38-32(24-37(31)43(35)25-17-19-41-33(21-25)29-11-3-7-15-39(29)45-41)28-10-2-6-14-36(28)44(38)26-18-20-42-34(22-26)30-12-4-8-16-40(30)46-42;1-2-6-14-12(5-1)9-13-10-17-15-7-3-4-8-18(15)20-19(17)11-16(13)14;13-8-5-6-12-10(7-8)9-3-1-2-4-11(9)14-12;7-5-3-1-2-4-6(5)8/h1-24H;1-8,10-11,20H,9H2;1-7H;5-6H,1-4,7-8H2/t;;;5-,6-/m...1/s1. The van der Waals surface area contributed by atoms with Crippen LogP contribution in [0.4, 0.5) is 0 Å². The Bertz CT molecular complexity index is 5560. The van der Waals surface area contributed by atoms with Crippen molar-refractivity contribution in [2.45, 2.75) is 44.2 Å². The van der Waals surface area contributed by atoms with Gasteiger partial charge in [0.15, 0.2) is 0 Å². The number of para-hydroxylation sites is 6. The molecular formula is C79H58BrN5O3. The number of nitrogens with two attached hydrogens (primary N) is 2. The van der Waals surface area contributed by atoms with E-state index in [1.54, 1.807) is 0 Å². The fourth-order valence-corrected chi connectivity index (χ4v) is 14.4. The van der Waals surface area contributed by atoms with E-state index in [0.717, 1.165) is 95.5 Å². The Labute approximate surface area is 513 Å². The Balaban J connectivity index is 0.000000116. The number of fused-ring (bicyclic) bond motifs is 21. The average Bonchev–Trinajstić information content (AvgIpc) is 1.79. The van der Waals surface area contributed by atoms with Crippen LogP contribution in [0.5, 0.6) is 0 Å². The first-order chi connectivity index (χ1) is 43.3. The van der Waals surface area contributed by atoms with Gasteiger partial charge in [0.1, 0.15) is 33.5 Å². The van der Waals surface area contributed by atoms with Crippen molar-refractivity contribution < 1.29 is 13.3 Å². The molecule has 2 atom stereocenters. The number of hydrogen-bond donors (Lipinski definition) is 3. The van der Waals surface area contributed by atoms with Crippen LogP contribution in [-0.4, -0.2) is 26.2 Å². The highest BCUT2D eigenvalue weighted by Crippen LogP contribution is 2.43. The molecule has 88 heavy (non-hydrogen) atoms. The van der Waals surface area contributed by atoms with Crippen LogP contribution in [0.15, 0.2) is 266 Å². The largest absolute Gasteiger partial charge is 0.456 e. The van der Waals surface area contributed by atoms with Crippen LogP contribution in [0, 0.1) is 0 Å². The number of nitrogens with zero attached hydrogens (tertiary/aromatic N) is 2. The molecule has 20 rings (SSSR count). The van der Waals surface area contributed by atoms with Crippen molar-refractivity contribution in [3.05, 3.63) is 264 Å². The lowest BCUT2D eigenvalue weighted by molar-refractivity contribution is 0.385. The zero-order valence-corrected chi connectivity index (χ0v) is 49.6. The highest BCUT2D eigenvalue weighted by molar-refractivity contribution is 9.10. The third-order valence-corrected chi connectivity index (χ3v) is 18.8. The first-order valence-electron chi connectivity index (χ1n) is 30.3. The summed E-state index contributed by atoms with van der Waals surface area (Å²) in [7, 11) is 0. The van der Waals surface area contributed by atoms with Gasteiger partial charge in [0.2, 0.25) is 0 Å². The number of furan rings is 3. The molecule has 5 N–H and O–H groups in total. The van der Waals surface area contributed by atoms with Gasteiger partial charge in [-0.2, -0.15) is 0 Å². The van der Waals surface area contributed by atoms with Gasteiger partial charge in [-0.1, -0.05) is 162 Å². The third-order valence-electron chi connectivity index (χ3n) is 18.3. The number of aromatic amines is 1. The number of hydrogen-bond acceptors (Lipinski definition) is 5. The van der Waals surface area contributed by atoms with Gasteiger partial charge in [0, 0.05) is 104 Å². The van der Waals surface area contributed by atoms with E-state index in [1.165, 1.54) is 106 Å². The smallest absolute Gasteiger partial charge is 0.135 e. The fraction of sp³-hybridized carbons (Fsp3) is 0.0886. The molecule has 0 radical (unpaired) electrons. The second-order valence-electron chi connectivity index (χ2n) is 23.6. The van der Waals surface area contributed by atoms with Crippen LogP contribution < -0.4 is 11.5 Å². The van der Waals surface area contributed by atoms with Crippen molar-refractivity contribution in [3.63, 3.8) is 0 Å². The predicted molar refractivity (Wildman–Crippen MR) is 370 cm³/mol. The third kappa shape index (κ3) is 8.71. The van der Waals surface area contributed by atoms with Crippen LogP contribution in [0.1, 0.15) is 36.8 Å². The van der Waals surface area contributed by atoms with Gasteiger partial charge in [-0.15, -0.1) is 0 Å². The van der Waals surface area contributed by atoms with E-state index in [1.807, 2.05) is 54.6 Å². The zero-order chi connectivity index (χ0) is 58.6. The molecular weight excluding hydrogens is 1150 g/mol. The van der Waals surface area contributed by atoms with E-state index in [2.05, 4.69) is 224 Å². The SMILES string of the molecule is Brc1ccc2oc3ccccc3c2c1.N[C@@H]1CCCC[C@H]1N.c1ccc2c(c1)Cc1cc3c(cc1-2)[nH]c1ccccc13.c1ccc2c(c1)oc1ccc(-n3c4ccccc4c4cc5c(cc43)c3ccccc3n5-c3ccc4oc5ccccc5c4c3)cc12. The van der Waals surface area contributed by atoms with Crippen molar-refractivity contribution in [3.8, 4) is 22.5 Å². The van der Waals surface area contributed by atoms with Crippen molar-refractivity contribution in [1.29, 1.82) is 0 Å². The molecule has 6 aromatic heterocycles. The van der Waals surface area contributed by atoms with E-state index in [0.29, 0.717) is 0 Å². The van der Waals surface area contributed by atoms with E-state index in [-0.39, 0.29) is 12.1 Å². The summed E-state index contributed by atoms with van der Waals surface area (Å²) in [5, 5.41) is 14.4. The summed E-state index contributed by atoms with van der Waals surface area (Å²) in [5.41, 5.74) is 31.9.